The lowest BCUT2D eigenvalue weighted by molar-refractivity contribution is 0.556. The fraction of sp³-hybridized carbons (Fsp3) is 0.167. The van der Waals surface area contributed by atoms with Gasteiger partial charge in [0.15, 0.2) is 0 Å². The molecule has 2 aromatic rings. The molecule has 2 aromatic carbocycles. The number of hydrogen-bond acceptors (Lipinski definition) is 0. The van der Waals surface area contributed by atoms with Gasteiger partial charge < -0.3 is 0 Å². The average Bonchev–Trinajstić information content (AvgIpc) is 2.62. The molecular formula is C24H24. The van der Waals surface area contributed by atoms with E-state index < -0.39 is 0 Å². The monoisotopic (exact) mass is 312 g/mol. The van der Waals surface area contributed by atoms with E-state index in [-0.39, 0.29) is 5.41 Å². The van der Waals surface area contributed by atoms with Crippen molar-refractivity contribution in [2.75, 3.05) is 0 Å². The van der Waals surface area contributed by atoms with Gasteiger partial charge in [0.2, 0.25) is 0 Å². The molecule has 0 heteroatoms. The molecule has 0 saturated heterocycles. The zero-order valence-electron chi connectivity index (χ0n) is 14.5. The van der Waals surface area contributed by atoms with Crippen LogP contribution in [0, 0.1) is 5.41 Å². The first-order chi connectivity index (χ1) is 11.5. The molecule has 0 N–H and O–H groups in total. The van der Waals surface area contributed by atoms with E-state index in [1.54, 1.807) is 0 Å². The predicted octanol–water partition coefficient (Wildman–Crippen LogP) is 6.84. The largest absolute Gasteiger partial charge is 0.0989 e. The summed E-state index contributed by atoms with van der Waals surface area (Å²) in [5, 5.41) is 0. The van der Waals surface area contributed by atoms with Gasteiger partial charge in [0.05, 0.1) is 0 Å². The van der Waals surface area contributed by atoms with E-state index in [0.29, 0.717) is 0 Å². The van der Waals surface area contributed by atoms with Crippen molar-refractivity contribution in [1.82, 2.24) is 0 Å². The highest BCUT2D eigenvalue weighted by Crippen LogP contribution is 2.43. The molecule has 1 aliphatic rings. The van der Waals surface area contributed by atoms with Gasteiger partial charge in [-0.05, 0) is 42.5 Å². The Labute approximate surface area is 145 Å². The maximum atomic E-state index is 4.17. The number of allylic oxidation sites excluding steroid dienone is 6. The zero-order chi connectivity index (χ0) is 17.2. The molecule has 0 amide bonds. The van der Waals surface area contributed by atoms with Crippen LogP contribution in [0.1, 0.15) is 25.8 Å². The summed E-state index contributed by atoms with van der Waals surface area (Å²) in [5.41, 5.74) is 7.24. The summed E-state index contributed by atoms with van der Waals surface area (Å²) in [6, 6.07) is 19.3. The first kappa shape index (κ1) is 16.3. The Kier molecular flexibility index (Phi) is 4.40. The van der Waals surface area contributed by atoms with Gasteiger partial charge >= 0.3 is 0 Å². The highest BCUT2D eigenvalue weighted by molar-refractivity contribution is 5.77. The Morgan fingerprint density at radius 1 is 0.792 bits per heavy atom. The van der Waals surface area contributed by atoms with Crippen LogP contribution in [0.25, 0.3) is 16.7 Å². The highest BCUT2D eigenvalue weighted by atomic mass is 14.3. The van der Waals surface area contributed by atoms with Gasteiger partial charge in [-0.25, -0.2) is 0 Å². The first-order valence-electron chi connectivity index (χ1n) is 8.40. The summed E-state index contributed by atoms with van der Waals surface area (Å²) < 4.78 is 0. The average molecular weight is 312 g/mol. The zero-order valence-corrected chi connectivity index (χ0v) is 14.5. The van der Waals surface area contributed by atoms with Crippen LogP contribution < -0.4 is 0 Å². The van der Waals surface area contributed by atoms with Gasteiger partial charge in [-0.2, -0.15) is 0 Å². The fourth-order valence-corrected chi connectivity index (χ4v) is 3.34. The summed E-state index contributed by atoms with van der Waals surface area (Å²) in [4.78, 5) is 0. The van der Waals surface area contributed by atoms with Crippen LogP contribution in [-0.4, -0.2) is 0 Å². The normalized spacial score (nSPS) is 15.7. The van der Waals surface area contributed by atoms with Crippen LogP contribution in [0.2, 0.25) is 0 Å². The molecular weight excluding hydrogens is 288 g/mol. The lowest BCUT2D eigenvalue weighted by Crippen LogP contribution is -2.21. The Morgan fingerprint density at radius 2 is 1.33 bits per heavy atom. The quantitative estimate of drug-likeness (QED) is 0.542. The van der Waals surface area contributed by atoms with Crippen molar-refractivity contribution in [3.63, 3.8) is 0 Å². The fourth-order valence-electron chi connectivity index (χ4n) is 3.34. The van der Waals surface area contributed by atoms with Crippen LogP contribution >= 0.6 is 0 Å². The molecule has 0 radical (unpaired) electrons. The molecule has 1 aliphatic carbocycles. The van der Waals surface area contributed by atoms with Crippen LogP contribution in [0.15, 0.2) is 97.1 Å². The van der Waals surface area contributed by atoms with Gasteiger partial charge in [-0.3, -0.25) is 0 Å². The second-order valence-corrected chi connectivity index (χ2v) is 6.67. The second-order valence-electron chi connectivity index (χ2n) is 6.67. The van der Waals surface area contributed by atoms with E-state index in [1.165, 1.54) is 22.3 Å². The van der Waals surface area contributed by atoms with E-state index in [2.05, 4.69) is 93.8 Å². The SMILES string of the molecule is C=C(C)C1(C(=C)C)C=CC(c2ccc(-c3ccccc3)cc2)=CC1. The van der Waals surface area contributed by atoms with Crippen molar-refractivity contribution in [2.24, 2.45) is 5.41 Å². The molecule has 120 valence electrons. The number of hydrogen-bond donors (Lipinski definition) is 0. The van der Waals surface area contributed by atoms with E-state index in [9.17, 15) is 0 Å². The Bertz CT molecular complexity index is 800. The van der Waals surface area contributed by atoms with E-state index in [0.717, 1.165) is 17.6 Å². The third-order valence-electron chi connectivity index (χ3n) is 5.04. The summed E-state index contributed by atoms with van der Waals surface area (Å²) in [6.07, 6.45) is 7.72. The standard InChI is InChI=1S/C24H24/c1-18(2)24(19(3)4)16-14-23(15-17-24)22-12-10-21(11-13-22)20-8-6-5-7-9-20/h5-16H,1,3,17H2,2,4H3. The summed E-state index contributed by atoms with van der Waals surface area (Å²) in [5.74, 6) is 0. The maximum absolute atomic E-state index is 4.17. The predicted molar refractivity (Wildman–Crippen MR) is 106 cm³/mol. The smallest absolute Gasteiger partial charge is 0.0328 e. The molecule has 0 spiro atoms. The maximum Gasteiger partial charge on any atom is 0.0328 e. The van der Waals surface area contributed by atoms with Crippen molar-refractivity contribution in [3.05, 3.63) is 103 Å². The Balaban J connectivity index is 1.84. The van der Waals surface area contributed by atoms with Gasteiger partial charge in [0.25, 0.3) is 0 Å². The highest BCUT2D eigenvalue weighted by Gasteiger charge is 2.30. The van der Waals surface area contributed by atoms with E-state index in [4.69, 9.17) is 0 Å². The van der Waals surface area contributed by atoms with Crippen molar-refractivity contribution in [1.29, 1.82) is 0 Å². The van der Waals surface area contributed by atoms with Crippen LogP contribution in [0.3, 0.4) is 0 Å². The molecule has 0 heterocycles. The van der Waals surface area contributed by atoms with Gasteiger partial charge in [-0.1, -0.05) is 97.1 Å². The minimum atomic E-state index is -0.0898. The van der Waals surface area contributed by atoms with Crippen molar-refractivity contribution < 1.29 is 0 Å². The summed E-state index contributed by atoms with van der Waals surface area (Å²) in [6.45, 7) is 12.5. The van der Waals surface area contributed by atoms with Crippen molar-refractivity contribution >= 4 is 5.57 Å². The number of rotatable bonds is 4. The van der Waals surface area contributed by atoms with Crippen molar-refractivity contribution in [3.8, 4) is 11.1 Å². The Morgan fingerprint density at radius 3 is 1.83 bits per heavy atom. The molecule has 0 aliphatic heterocycles. The minimum Gasteiger partial charge on any atom is -0.0989 e. The van der Waals surface area contributed by atoms with E-state index >= 15 is 0 Å². The minimum absolute atomic E-state index is 0.0898. The molecule has 0 unspecified atom stereocenters. The van der Waals surface area contributed by atoms with Gasteiger partial charge in [-0.15, -0.1) is 0 Å². The van der Waals surface area contributed by atoms with Gasteiger partial charge in [0, 0.05) is 5.41 Å². The Hall–Kier alpha value is -2.60. The molecule has 3 rings (SSSR count). The lowest BCUT2D eigenvalue weighted by Gasteiger charge is -2.34. The number of benzene rings is 2. The molecule has 24 heavy (non-hydrogen) atoms. The molecule has 0 bridgehead atoms. The molecule has 0 fully saturated rings. The second kappa shape index (κ2) is 6.49. The topological polar surface area (TPSA) is 0 Å². The third kappa shape index (κ3) is 2.92. The molecule has 0 nitrogen and oxygen atoms in total. The molecule has 0 aromatic heterocycles. The summed E-state index contributed by atoms with van der Waals surface area (Å²) in [7, 11) is 0. The van der Waals surface area contributed by atoms with Crippen LogP contribution in [0.4, 0.5) is 0 Å². The summed E-state index contributed by atoms with van der Waals surface area (Å²) >= 11 is 0. The van der Waals surface area contributed by atoms with E-state index in [1.807, 2.05) is 6.07 Å². The first-order valence-corrected chi connectivity index (χ1v) is 8.40. The van der Waals surface area contributed by atoms with Crippen LogP contribution in [-0.2, 0) is 0 Å². The lowest BCUT2D eigenvalue weighted by atomic mass is 9.70. The molecule has 0 atom stereocenters. The van der Waals surface area contributed by atoms with Gasteiger partial charge in [0.1, 0.15) is 0 Å². The van der Waals surface area contributed by atoms with Crippen molar-refractivity contribution in [2.45, 2.75) is 20.3 Å². The van der Waals surface area contributed by atoms with Crippen LogP contribution in [0.5, 0.6) is 0 Å². The third-order valence-corrected chi connectivity index (χ3v) is 5.04. The molecule has 0 saturated carbocycles.